The maximum Gasteiger partial charge on any atom is 0.307 e. The smallest absolute Gasteiger partial charge is 0.307 e. The molecule has 1 saturated carbocycles. The molecule has 3 atom stereocenters. The summed E-state index contributed by atoms with van der Waals surface area (Å²) >= 11 is 0. The Morgan fingerprint density at radius 2 is 2.16 bits per heavy atom. The fourth-order valence-electron chi connectivity index (χ4n) is 2.64. The van der Waals surface area contributed by atoms with Gasteiger partial charge in [0.25, 0.3) is 0 Å². The third-order valence-corrected chi connectivity index (χ3v) is 3.75. The molecule has 0 radical (unpaired) electrons. The van der Waals surface area contributed by atoms with E-state index >= 15 is 0 Å². The Balaban J connectivity index is 1.99. The Bertz CT molecular complexity index is 483. The van der Waals surface area contributed by atoms with E-state index in [9.17, 15) is 9.59 Å². The van der Waals surface area contributed by atoms with Crippen LogP contribution in [-0.4, -0.2) is 26.8 Å². The third-order valence-electron chi connectivity index (χ3n) is 3.75. The zero-order valence-electron chi connectivity index (χ0n) is 11.2. The molecular weight excluding hydrogens is 246 g/mol. The van der Waals surface area contributed by atoms with Crippen LogP contribution in [0, 0.1) is 11.8 Å². The number of nitrogens with zero attached hydrogens (tertiary/aromatic N) is 2. The lowest BCUT2D eigenvalue weighted by Gasteiger charge is -2.19. The van der Waals surface area contributed by atoms with Crippen molar-refractivity contribution in [3.63, 3.8) is 0 Å². The van der Waals surface area contributed by atoms with Gasteiger partial charge in [-0.15, -0.1) is 0 Å². The quantitative estimate of drug-likeness (QED) is 0.853. The monoisotopic (exact) mass is 265 g/mol. The van der Waals surface area contributed by atoms with Crippen molar-refractivity contribution in [3.8, 4) is 0 Å². The summed E-state index contributed by atoms with van der Waals surface area (Å²) in [5, 5.41) is 16.0. The van der Waals surface area contributed by atoms with E-state index in [1.165, 1.54) is 0 Å². The first-order valence-corrected chi connectivity index (χ1v) is 6.50. The highest BCUT2D eigenvalue weighted by atomic mass is 16.4. The Morgan fingerprint density at radius 3 is 2.74 bits per heavy atom. The summed E-state index contributed by atoms with van der Waals surface area (Å²) in [7, 11) is 1.81. The van der Waals surface area contributed by atoms with E-state index in [-0.39, 0.29) is 11.9 Å². The summed E-state index contributed by atoms with van der Waals surface area (Å²) in [6.45, 7) is 1.87. The molecule has 1 aliphatic rings. The second kappa shape index (κ2) is 5.42. The predicted molar refractivity (Wildman–Crippen MR) is 68.2 cm³/mol. The molecule has 0 spiro atoms. The van der Waals surface area contributed by atoms with Gasteiger partial charge in [-0.25, -0.2) is 0 Å². The van der Waals surface area contributed by atoms with Gasteiger partial charge in [-0.05, 0) is 19.8 Å². The normalized spacial score (nSPS) is 24.1. The van der Waals surface area contributed by atoms with Crippen LogP contribution in [0.5, 0.6) is 0 Å². The van der Waals surface area contributed by atoms with Crippen LogP contribution < -0.4 is 5.32 Å². The first kappa shape index (κ1) is 13.6. The first-order valence-electron chi connectivity index (χ1n) is 6.50. The van der Waals surface area contributed by atoms with E-state index < -0.39 is 17.8 Å². The molecule has 1 aliphatic carbocycles. The molecular formula is C13H19N3O3. The molecule has 0 aliphatic heterocycles. The Kier molecular flexibility index (Phi) is 3.87. The Hall–Kier alpha value is -1.85. The number of rotatable bonds is 4. The highest BCUT2D eigenvalue weighted by molar-refractivity contribution is 5.85. The molecule has 0 bridgehead atoms. The third kappa shape index (κ3) is 2.94. The predicted octanol–water partition coefficient (Wildman–Crippen LogP) is 1.10. The molecule has 1 amide bonds. The number of hydrogen-bond acceptors (Lipinski definition) is 3. The molecule has 2 rings (SSSR count). The van der Waals surface area contributed by atoms with Crippen molar-refractivity contribution in [2.75, 3.05) is 0 Å². The average molecular weight is 265 g/mol. The minimum atomic E-state index is -0.869. The van der Waals surface area contributed by atoms with Crippen molar-refractivity contribution < 1.29 is 14.7 Å². The van der Waals surface area contributed by atoms with E-state index in [4.69, 9.17) is 5.11 Å². The van der Waals surface area contributed by atoms with Gasteiger partial charge in [0.05, 0.1) is 24.1 Å². The van der Waals surface area contributed by atoms with Crippen molar-refractivity contribution >= 4 is 11.9 Å². The number of carbonyl (C=O) groups excluding carboxylic acids is 1. The number of amides is 1. The minimum absolute atomic E-state index is 0.156. The second-order valence-corrected chi connectivity index (χ2v) is 5.16. The molecule has 6 heteroatoms. The van der Waals surface area contributed by atoms with Gasteiger partial charge in [-0.2, -0.15) is 5.10 Å². The van der Waals surface area contributed by atoms with Gasteiger partial charge in [0.1, 0.15) is 0 Å². The number of aromatic nitrogens is 2. The summed E-state index contributed by atoms with van der Waals surface area (Å²) in [6, 6.07) is -0.156. The van der Waals surface area contributed by atoms with Crippen LogP contribution in [0.25, 0.3) is 0 Å². The van der Waals surface area contributed by atoms with E-state index in [1.807, 2.05) is 20.2 Å². The Labute approximate surface area is 111 Å². The van der Waals surface area contributed by atoms with Gasteiger partial charge < -0.3 is 10.4 Å². The molecule has 6 nitrogen and oxygen atoms in total. The van der Waals surface area contributed by atoms with E-state index in [0.717, 1.165) is 12.0 Å². The molecule has 1 heterocycles. The number of carboxylic acid groups (broad SMARTS) is 1. The van der Waals surface area contributed by atoms with Crippen LogP contribution in [0.2, 0.25) is 0 Å². The van der Waals surface area contributed by atoms with Crippen molar-refractivity contribution in [3.05, 3.63) is 18.0 Å². The van der Waals surface area contributed by atoms with Gasteiger partial charge in [-0.1, -0.05) is 6.42 Å². The van der Waals surface area contributed by atoms with Gasteiger partial charge >= 0.3 is 5.97 Å². The zero-order valence-corrected chi connectivity index (χ0v) is 11.2. The summed E-state index contributed by atoms with van der Waals surface area (Å²) in [6.07, 6.45) is 5.59. The molecule has 0 saturated heterocycles. The van der Waals surface area contributed by atoms with Gasteiger partial charge in [-0.3, -0.25) is 14.3 Å². The average Bonchev–Trinajstić information content (AvgIpc) is 2.96. The van der Waals surface area contributed by atoms with Crippen LogP contribution in [0.15, 0.2) is 12.4 Å². The lowest BCUT2D eigenvalue weighted by molar-refractivity contribution is -0.146. The van der Waals surface area contributed by atoms with Crippen LogP contribution in [0.1, 0.15) is 37.8 Å². The maximum absolute atomic E-state index is 12.1. The van der Waals surface area contributed by atoms with Crippen LogP contribution >= 0.6 is 0 Å². The Morgan fingerprint density at radius 1 is 1.47 bits per heavy atom. The van der Waals surface area contributed by atoms with Crippen LogP contribution in [0.4, 0.5) is 0 Å². The SMILES string of the molecule is CC(NC(=O)[C@@H]1CCC[C@@H]1C(=O)O)c1cnn(C)c1. The number of aryl methyl sites for hydroxylation is 1. The highest BCUT2D eigenvalue weighted by Gasteiger charge is 2.38. The second-order valence-electron chi connectivity index (χ2n) is 5.16. The molecule has 19 heavy (non-hydrogen) atoms. The van der Waals surface area contributed by atoms with Gasteiger partial charge in [0.2, 0.25) is 5.91 Å². The molecule has 1 fully saturated rings. The fourth-order valence-corrected chi connectivity index (χ4v) is 2.64. The summed E-state index contributed by atoms with van der Waals surface area (Å²) in [4.78, 5) is 23.2. The summed E-state index contributed by atoms with van der Waals surface area (Å²) in [5.74, 6) is -1.98. The number of hydrogen-bond donors (Lipinski definition) is 2. The van der Waals surface area contributed by atoms with E-state index in [2.05, 4.69) is 10.4 Å². The zero-order chi connectivity index (χ0) is 14.0. The first-order chi connectivity index (χ1) is 8.99. The number of nitrogens with one attached hydrogen (secondary N) is 1. The summed E-state index contributed by atoms with van der Waals surface area (Å²) < 4.78 is 1.67. The van der Waals surface area contributed by atoms with Crippen molar-refractivity contribution in [1.82, 2.24) is 15.1 Å². The molecule has 2 N–H and O–H groups in total. The van der Waals surface area contributed by atoms with Crippen molar-refractivity contribution in [2.45, 2.75) is 32.2 Å². The minimum Gasteiger partial charge on any atom is -0.481 e. The summed E-state index contributed by atoms with van der Waals surface area (Å²) in [5.41, 5.74) is 0.917. The van der Waals surface area contributed by atoms with Gasteiger partial charge in [0.15, 0.2) is 0 Å². The van der Waals surface area contributed by atoms with E-state index in [0.29, 0.717) is 12.8 Å². The number of aliphatic carboxylic acids is 1. The highest BCUT2D eigenvalue weighted by Crippen LogP contribution is 2.32. The number of carboxylic acids is 1. The van der Waals surface area contributed by atoms with Gasteiger partial charge in [0, 0.05) is 18.8 Å². The standard InChI is InChI=1S/C13H19N3O3/c1-8(9-6-14-16(2)7-9)15-12(17)10-4-3-5-11(10)13(18)19/h6-8,10-11H,3-5H2,1-2H3,(H,15,17)(H,18,19)/t8?,10-,11+/m1/s1. The van der Waals surface area contributed by atoms with Crippen LogP contribution in [0.3, 0.4) is 0 Å². The fraction of sp³-hybridized carbons (Fsp3) is 0.615. The lowest BCUT2D eigenvalue weighted by atomic mass is 9.95. The van der Waals surface area contributed by atoms with E-state index in [1.54, 1.807) is 10.9 Å². The molecule has 104 valence electrons. The van der Waals surface area contributed by atoms with Crippen molar-refractivity contribution in [2.24, 2.45) is 18.9 Å². The number of carbonyl (C=O) groups is 2. The largest absolute Gasteiger partial charge is 0.481 e. The molecule has 0 aromatic carbocycles. The molecule has 1 unspecified atom stereocenters. The topological polar surface area (TPSA) is 84.2 Å². The van der Waals surface area contributed by atoms with Crippen LogP contribution in [-0.2, 0) is 16.6 Å². The molecule has 1 aromatic rings. The maximum atomic E-state index is 12.1. The van der Waals surface area contributed by atoms with Crippen molar-refractivity contribution in [1.29, 1.82) is 0 Å². The molecule has 1 aromatic heterocycles. The lowest BCUT2D eigenvalue weighted by Crippen LogP contribution is -2.36.